The van der Waals surface area contributed by atoms with E-state index < -0.39 is 0 Å². The van der Waals surface area contributed by atoms with Gasteiger partial charge in [-0.1, -0.05) is 92.7 Å². The molecule has 1 N–H and O–H groups in total. The molecule has 0 spiro atoms. The third-order valence-electron chi connectivity index (χ3n) is 7.03. The Labute approximate surface area is 210 Å². The average Bonchev–Trinajstić information content (AvgIpc) is 3.51. The summed E-state index contributed by atoms with van der Waals surface area (Å²) in [6.07, 6.45) is 7.91. The van der Waals surface area contributed by atoms with Crippen LogP contribution in [0.2, 0.25) is 5.15 Å². The lowest BCUT2D eigenvalue weighted by Crippen LogP contribution is -2.28. The number of rotatable bonds is 8. The zero-order valence-electron chi connectivity index (χ0n) is 20.1. The largest absolute Gasteiger partial charge is 0.329 e. The highest BCUT2D eigenvalue weighted by atomic mass is 35.5. The van der Waals surface area contributed by atoms with Gasteiger partial charge in [0, 0.05) is 12.1 Å². The SMILES string of the molecule is CCCc1c(Cl)n(CC2CCCCC2)c(=O)n1Cc1ccc(-c2ccccc2-c2nn[nH]n2)cc1. The number of tetrazole rings is 1. The van der Waals surface area contributed by atoms with E-state index in [1.54, 1.807) is 0 Å². The van der Waals surface area contributed by atoms with Crippen LogP contribution in [0.25, 0.3) is 22.5 Å². The minimum absolute atomic E-state index is 0.00977. The highest BCUT2D eigenvalue weighted by Gasteiger charge is 2.22. The number of nitrogens with zero attached hydrogens (tertiary/aromatic N) is 5. The maximum absolute atomic E-state index is 13.4. The number of H-pyrrole nitrogens is 1. The van der Waals surface area contributed by atoms with Crippen molar-refractivity contribution in [3.63, 3.8) is 0 Å². The molecule has 4 aromatic rings. The molecule has 35 heavy (non-hydrogen) atoms. The van der Waals surface area contributed by atoms with Crippen molar-refractivity contribution in [3.8, 4) is 22.5 Å². The van der Waals surface area contributed by atoms with Gasteiger partial charge in [0.15, 0.2) is 0 Å². The molecule has 0 amide bonds. The van der Waals surface area contributed by atoms with Crippen LogP contribution in [0.4, 0.5) is 0 Å². The summed E-state index contributed by atoms with van der Waals surface area (Å²) in [5, 5.41) is 15.1. The van der Waals surface area contributed by atoms with E-state index >= 15 is 0 Å². The molecule has 1 fully saturated rings. The second-order valence-corrected chi connectivity index (χ2v) is 9.81. The second kappa shape index (κ2) is 10.6. The molecule has 1 aliphatic carbocycles. The van der Waals surface area contributed by atoms with Crippen molar-refractivity contribution in [2.24, 2.45) is 5.92 Å². The molecule has 182 valence electrons. The van der Waals surface area contributed by atoms with Crippen LogP contribution in [0.1, 0.15) is 56.7 Å². The van der Waals surface area contributed by atoms with Gasteiger partial charge < -0.3 is 0 Å². The van der Waals surface area contributed by atoms with E-state index in [1.165, 1.54) is 32.1 Å². The van der Waals surface area contributed by atoms with Gasteiger partial charge in [-0.3, -0.25) is 9.13 Å². The Morgan fingerprint density at radius 3 is 2.43 bits per heavy atom. The predicted molar refractivity (Wildman–Crippen MR) is 138 cm³/mol. The van der Waals surface area contributed by atoms with Gasteiger partial charge in [0.25, 0.3) is 0 Å². The number of halogens is 1. The monoisotopic (exact) mass is 490 g/mol. The minimum atomic E-state index is 0.00977. The van der Waals surface area contributed by atoms with Crippen LogP contribution < -0.4 is 5.69 Å². The summed E-state index contributed by atoms with van der Waals surface area (Å²) in [7, 11) is 0. The zero-order chi connectivity index (χ0) is 24.2. The molecule has 2 aromatic heterocycles. The molecule has 2 heterocycles. The Hall–Kier alpha value is -3.19. The number of imidazole rings is 1. The van der Waals surface area contributed by atoms with Crippen molar-refractivity contribution in [2.75, 3.05) is 0 Å². The summed E-state index contributed by atoms with van der Waals surface area (Å²) in [4.78, 5) is 13.4. The normalized spacial score (nSPS) is 14.5. The summed E-state index contributed by atoms with van der Waals surface area (Å²) >= 11 is 6.79. The van der Waals surface area contributed by atoms with Crippen LogP contribution in [0, 0.1) is 5.92 Å². The van der Waals surface area contributed by atoms with Crippen molar-refractivity contribution in [1.82, 2.24) is 29.8 Å². The highest BCUT2D eigenvalue weighted by molar-refractivity contribution is 6.30. The molecule has 5 rings (SSSR count). The molecule has 7 nitrogen and oxygen atoms in total. The van der Waals surface area contributed by atoms with Gasteiger partial charge in [0.05, 0.1) is 12.2 Å². The molecule has 0 aliphatic heterocycles. The van der Waals surface area contributed by atoms with Crippen LogP contribution in [-0.4, -0.2) is 29.8 Å². The average molecular weight is 491 g/mol. The van der Waals surface area contributed by atoms with Crippen LogP contribution >= 0.6 is 11.6 Å². The van der Waals surface area contributed by atoms with E-state index in [0.717, 1.165) is 47.3 Å². The number of hydrogen-bond acceptors (Lipinski definition) is 4. The predicted octanol–water partition coefficient (Wildman–Crippen LogP) is 5.73. The van der Waals surface area contributed by atoms with Crippen molar-refractivity contribution >= 4 is 11.6 Å². The molecule has 0 unspecified atom stereocenters. The van der Waals surface area contributed by atoms with Gasteiger partial charge in [-0.25, -0.2) is 4.79 Å². The number of aromatic amines is 1. The van der Waals surface area contributed by atoms with Gasteiger partial charge >= 0.3 is 5.69 Å². The van der Waals surface area contributed by atoms with Gasteiger partial charge in [0.2, 0.25) is 5.82 Å². The first-order chi connectivity index (χ1) is 17.2. The van der Waals surface area contributed by atoms with E-state index in [-0.39, 0.29) is 5.69 Å². The fourth-order valence-electron chi connectivity index (χ4n) is 5.21. The van der Waals surface area contributed by atoms with Crippen LogP contribution in [0.5, 0.6) is 0 Å². The first-order valence-electron chi connectivity index (χ1n) is 12.6. The molecule has 0 atom stereocenters. The first-order valence-corrected chi connectivity index (χ1v) is 12.9. The fraction of sp³-hybridized carbons (Fsp3) is 0.407. The molecule has 2 aromatic carbocycles. The molecule has 8 heteroatoms. The maximum Gasteiger partial charge on any atom is 0.329 e. The molecule has 1 saturated carbocycles. The zero-order valence-corrected chi connectivity index (χ0v) is 20.8. The summed E-state index contributed by atoms with van der Waals surface area (Å²) in [5.41, 5.74) is 5.03. The van der Waals surface area contributed by atoms with Gasteiger partial charge in [0.1, 0.15) is 5.15 Å². The highest BCUT2D eigenvalue weighted by Crippen LogP contribution is 2.30. The molecule has 0 radical (unpaired) electrons. The van der Waals surface area contributed by atoms with E-state index in [9.17, 15) is 4.79 Å². The second-order valence-electron chi connectivity index (χ2n) is 9.45. The quantitative estimate of drug-likeness (QED) is 0.342. The Balaban J connectivity index is 1.42. The summed E-state index contributed by atoms with van der Waals surface area (Å²) in [6.45, 7) is 3.37. The molecule has 1 aliphatic rings. The third kappa shape index (κ3) is 4.96. The van der Waals surface area contributed by atoms with Crippen molar-refractivity contribution in [1.29, 1.82) is 0 Å². The first kappa shape index (κ1) is 23.5. The fourth-order valence-corrected chi connectivity index (χ4v) is 5.55. The summed E-state index contributed by atoms with van der Waals surface area (Å²) in [6, 6.07) is 16.3. The van der Waals surface area contributed by atoms with E-state index in [0.29, 0.717) is 23.4 Å². The number of hydrogen-bond donors (Lipinski definition) is 1. The van der Waals surface area contributed by atoms with Gasteiger partial charge in [-0.05, 0) is 47.1 Å². The lowest BCUT2D eigenvalue weighted by molar-refractivity contribution is 0.315. The number of aromatic nitrogens is 6. The van der Waals surface area contributed by atoms with E-state index in [2.05, 4.69) is 57.9 Å². The maximum atomic E-state index is 13.4. The Morgan fingerprint density at radius 2 is 1.74 bits per heavy atom. The lowest BCUT2D eigenvalue weighted by atomic mass is 9.89. The van der Waals surface area contributed by atoms with Crippen LogP contribution in [0.15, 0.2) is 53.3 Å². The van der Waals surface area contributed by atoms with Crippen LogP contribution in [0.3, 0.4) is 0 Å². The smallest absolute Gasteiger partial charge is 0.290 e. The topological polar surface area (TPSA) is 81.4 Å². The number of nitrogens with one attached hydrogen (secondary N) is 1. The number of benzene rings is 2. The molecule has 0 saturated heterocycles. The summed E-state index contributed by atoms with van der Waals surface area (Å²) in [5.74, 6) is 1.11. The Kier molecular flexibility index (Phi) is 7.13. The van der Waals surface area contributed by atoms with Crippen LogP contribution in [-0.2, 0) is 19.5 Å². The van der Waals surface area contributed by atoms with Crippen molar-refractivity contribution < 1.29 is 0 Å². The molecule has 0 bridgehead atoms. The van der Waals surface area contributed by atoms with Gasteiger partial charge in [-0.2, -0.15) is 5.21 Å². The van der Waals surface area contributed by atoms with Crippen molar-refractivity contribution in [2.45, 2.75) is 65.0 Å². The van der Waals surface area contributed by atoms with E-state index in [4.69, 9.17) is 11.6 Å². The lowest BCUT2D eigenvalue weighted by Gasteiger charge is -2.21. The van der Waals surface area contributed by atoms with Gasteiger partial charge in [-0.15, -0.1) is 10.2 Å². The standard InChI is InChI=1S/C27H31ClN6O/c1-2-8-24-25(28)34(18-19-9-4-3-5-10-19)27(35)33(24)17-20-13-15-21(16-14-20)22-11-6-7-12-23(22)26-29-31-32-30-26/h6-7,11-16,19H,2-5,8-10,17-18H2,1H3,(H,29,30,31,32). The Bertz CT molecular complexity index is 1320. The van der Waals surface area contributed by atoms with E-state index in [1.807, 2.05) is 27.3 Å². The molecular formula is C27H31ClN6O. The third-order valence-corrected chi connectivity index (χ3v) is 7.46. The van der Waals surface area contributed by atoms with Crippen molar-refractivity contribution in [3.05, 3.63) is 75.4 Å². The minimum Gasteiger partial charge on any atom is -0.290 e. The molecular weight excluding hydrogens is 460 g/mol. The summed E-state index contributed by atoms with van der Waals surface area (Å²) < 4.78 is 3.69. The Morgan fingerprint density at radius 1 is 1.00 bits per heavy atom.